The number of piperidine rings is 1. The van der Waals surface area contributed by atoms with E-state index in [-0.39, 0.29) is 30.2 Å². The van der Waals surface area contributed by atoms with Gasteiger partial charge in [0, 0.05) is 50.6 Å². The molecule has 1 aromatic carbocycles. The van der Waals surface area contributed by atoms with Crippen LogP contribution in [0.1, 0.15) is 50.7 Å². The molecule has 8 heteroatoms. The number of imide groups is 1. The summed E-state index contributed by atoms with van der Waals surface area (Å²) in [4.78, 5) is 34.5. The summed E-state index contributed by atoms with van der Waals surface area (Å²) in [6.45, 7) is 7.59. The Bertz CT molecular complexity index is 937. The maximum absolute atomic E-state index is 13.7. The smallest absolute Gasteiger partial charge is 0.326 e. The Morgan fingerprint density at radius 2 is 1.88 bits per heavy atom. The molecule has 0 unspecified atom stereocenters. The molecule has 3 aliphatic rings. The molecule has 4 rings (SSSR count). The van der Waals surface area contributed by atoms with Crippen LogP contribution in [0.3, 0.4) is 0 Å². The molecule has 1 aromatic rings. The maximum atomic E-state index is 13.7. The lowest BCUT2D eigenvalue weighted by molar-refractivity contribution is -0.165. The van der Waals surface area contributed by atoms with Crippen molar-refractivity contribution in [3.8, 4) is 5.75 Å². The van der Waals surface area contributed by atoms with Crippen molar-refractivity contribution in [2.45, 2.75) is 63.0 Å². The van der Waals surface area contributed by atoms with Crippen molar-refractivity contribution in [2.75, 3.05) is 53.4 Å². The summed E-state index contributed by atoms with van der Waals surface area (Å²) >= 11 is 0. The van der Waals surface area contributed by atoms with E-state index in [1.807, 2.05) is 19.9 Å². The molecular weight excluding hydrogens is 432 g/mol. The average molecular weight is 473 g/mol. The Balaban J connectivity index is 1.84. The topological polar surface area (TPSA) is 87.6 Å². The zero-order chi connectivity index (χ0) is 24.7. The van der Waals surface area contributed by atoms with Gasteiger partial charge in [0.1, 0.15) is 5.75 Å². The van der Waals surface area contributed by atoms with E-state index in [0.717, 1.165) is 30.8 Å². The first-order chi connectivity index (χ1) is 16.2. The Labute approximate surface area is 203 Å². The number of aromatic hydroxyl groups is 1. The fourth-order valence-electron chi connectivity index (χ4n) is 6.60. The summed E-state index contributed by atoms with van der Waals surface area (Å²) in [5, 5.41) is 23.0. The number of hydrogen-bond acceptors (Lipinski definition) is 6. The first-order valence-electron chi connectivity index (χ1n) is 12.7. The van der Waals surface area contributed by atoms with Crippen molar-refractivity contribution in [1.29, 1.82) is 0 Å². The number of phenols is 1. The van der Waals surface area contributed by atoms with E-state index in [9.17, 15) is 19.8 Å². The molecule has 2 aliphatic heterocycles. The highest BCUT2D eigenvalue weighted by molar-refractivity contribution is 5.95. The predicted octanol–water partition coefficient (Wildman–Crippen LogP) is 2.03. The molecule has 8 nitrogen and oxygen atoms in total. The minimum Gasteiger partial charge on any atom is -0.508 e. The van der Waals surface area contributed by atoms with E-state index in [2.05, 4.69) is 23.9 Å². The summed E-state index contributed by atoms with van der Waals surface area (Å²) in [5.41, 5.74) is -0.00918. The number of likely N-dealkylation sites (N-methyl/N-ethyl adjacent to an activating group) is 1. The number of amides is 3. The maximum Gasteiger partial charge on any atom is 0.326 e. The van der Waals surface area contributed by atoms with Crippen molar-refractivity contribution < 1.29 is 19.8 Å². The van der Waals surface area contributed by atoms with Gasteiger partial charge in [0.05, 0.1) is 5.60 Å². The van der Waals surface area contributed by atoms with Crippen LogP contribution in [0.5, 0.6) is 5.75 Å². The minimum absolute atomic E-state index is 0.0646. The normalized spacial score (nSPS) is 30.4. The summed E-state index contributed by atoms with van der Waals surface area (Å²) < 4.78 is 0. The molecule has 3 amide bonds. The summed E-state index contributed by atoms with van der Waals surface area (Å²) in [7, 11) is 4.11. The van der Waals surface area contributed by atoms with Crippen LogP contribution >= 0.6 is 0 Å². The number of carbonyl (C=O) groups excluding carboxylic acids is 2. The van der Waals surface area contributed by atoms with Gasteiger partial charge in [-0.15, -0.1) is 0 Å². The van der Waals surface area contributed by atoms with Crippen molar-refractivity contribution >= 4 is 11.9 Å². The van der Waals surface area contributed by atoms with Crippen LogP contribution in [0, 0.1) is 0 Å². The summed E-state index contributed by atoms with van der Waals surface area (Å²) in [5.74, 6) is -0.1000. The van der Waals surface area contributed by atoms with Crippen molar-refractivity contribution in [3.63, 3.8) is 0 Å². The number of fused-ring (bicyclic) bond motifs is 1. The molecule has 188 valence electrons. The van der Waals surface area contributed by atoms with Gasteiger partial charge in [0.15, 0.2) is 0 Å². The van der Waals surface area contributed by atoms with Crippen LogP contribution in [0.15, 0.2) is 18.2 Å². The molecule has 0 aromatic heterocycles. The monoisotopic (exact) mass is 472 g/mol. The number of nitrogens with zero attached hydrogens (tertiary/aromatic N) is 4. The molecule has 2 bridgehead atoms. The van der Waals surface area contributed by atoms with Crippen molar-refractivity contribution in [3.05, 3.63) is 29.3 Å². The van der Waals surface area contributed by atoms with Gasteiger partial charge in [-0.3, -0.25) is 14.6 Å². The third kappa shape index (κ3) is 3.99. The first-order valence-corrected chi connectivity index (χ1v) is 12.7. The molecule has 34 heavy (non-hydrogen) atoms. The van der Waals surface area contributed by atoms with Crippen molar-refractivity contribution in [2.24, 2.45) is 0 Å². The summed E-state index contributed by atoms with van der Waals surface area (Å²) in [6.07, 6.45) is 2.53. The van der Waals surface area contributed by atoms with Gasteiger partial charge in [-0.1, -0.05) is 6.07 Å². The number of phenolic OH excluding ortho intramolecular Hbond substituents is 1. The molecule has 2 saturated heterocycles. The van der Waals surface area contributed by atoms with Gasteiger partial charge in [0.2, 0.25) is 5.91 Å². The zero-order valence-electron chi connectivity index (χ0n) is 21.1. The molecular formula is C26H40N4O4. The lowest BCUT2D eigenvalue weighted by Crippen LogP contribution is -2.73. The van der Waals surface area contributed by atoms with E-state index in [4.69, 9.17) is 0 Å². The van der Waals surface area contributed by atoms with Crippen LogP contribution in [0.2, 0.25) is 0 Å². The van der Waals surface area contributed by atoms with Gasteiger partial charge in [-0.25, -0.2) is 4.79 Å². The highest BCUT2D eigenvalue weighted by atomic mass is 16.3. The Morgan fingerprint density at radius 3 is 2.56 bits per heavy atom. The van der Waals surface area contributed by atoms with E-state index in [0.29, 0.717) is 45.3 Å². The molecule has 3 atom stereocenters. The third-order valence-corrected chi connectivity index (χ3v) is 8.44. The number of likely N-dealkylation sites (tertiary alicyclic amines) is 1. The van der Waals surface area contributed by atoms with E-state index in [1.165, 1.54) is 4.90 Å². The highest BCUT2D eigenvalue weighted by Crippen LogP contribution is 2.56. The molecule has 1 aliphatic carbocycles. The Hall–Kier alpha value is -2.16. The Kier molecular flexibility index (Phi) is 6.95. The number of benzene rings is 1. The number of rotatable bonds is 5. The summed E-state index contributed by atoms with van der Waals surface area (Å²) in [6, 6.07) is 5.03. The lowest BCUT2D eigenvalue weighted by atomic mass is 9.52. The second-order valence-corrected chi connectivity index (χ2v) is 10.4. The van der Waals surface area contributed by atoms with E-state index >= 15 is 0 Å². The van der Waals surface area contributed by atoms with Gasteiger partial charge in [0.25, 0.3) is 0 Å². The predicted molar refractivity (Wildman–Crippen MR) is 131 cm³/mol. The van der Waals surface area contributed by atoms with Gasteiger partial charge < -0.3 is 20.0 Å². The van der Waals surface area contributed by atoms with Gasteiger partial charge in [-0.2, -0.15) is 0 Å². The molecule has 2 heterocycles. The number of urea groups is 1. The average Bonchev–Trinajstić information content (AvgIpc) is 2.78. The largest absolute Gasteiger partial charge is 0.508 e. The van der Waals surface area contributed by atoms with Crippen molar-refractivity contribution in [1.82, 2.24) is 19.6 Å². The molecule has 2 fully saturated rings. The van der Waals surface area contributed by atoms with Gasteiger partial charge in [-0.05, 0) is 83.4 Å². The van der Waals surface area contributed by atoms with E-state index in [1.54, 1.807) is 17.0 Å². The highest BCUT2D eigenvalue weighted by Gasteiger charge is 2.63. The SMILES string of the molecule is CCN1CCC[C@@]2(O)[C@H]3Cc4ccc(O)cc4[C@@]2(CCN3CCN(C)C)CC(=O)N(CC)C1=O. The Morgan fingerprint density at radius 1 is 1.12 bits per heavy atom. The van der Waals surface area contributed by atoms with E-state index < -0.39 is 11.0 Å². The molecule has 2 N–H and O–H groups in total. The zero-order valence-corrected chi connectivity index (χ0v) is 21.1. The van der Waals surface area contributed by atoms with Crippen LogP contribution in [0.4, 0.5) is 4.79 Å². The second kappa shape index (κ2) is 9.47. The van der Waals surface area contributed by atoms with Crippen LogP contribution in [-0.4, -0.2) is 107 Å². The fraction of sp³-hybridized carbons (Fsp3) is 0.692. The van der Waals surface area contributed by atoms with Crippen LogP contribution in [-0.2, 0) is 16.6 Å². The van der Waals surface area contributed by atoms with Crippen LogP contribution < -0.4 is 0 Å². The van der Waals surface area contributed by atoms with Gasteiger partial charge >= 0.3 is 6.03 Å². The molecule has 0 radical (unpaired) electrons. The standard InChI is InChI=1S/C26H40N4O4/c1-5-28-12-7-10-26(34)22-16-19-8-9-20(31)17-21(19)25(26,11-13-29(22)15-14-27(3)4)18-23(32)30(6-2)24(28)33/h8-9,17,22,31,34H,5-7,10-16,18H2,1-4H3/t22-,25-,26-/m1/s1. The molecule has 0 saturated carbocycles. The van der Waals surface area contributed by atoms with Crippen LogP contribution in [0.25, 0.3) is 0 Å². The third-order valence-electron chi connectivity index (χ3n) is 8.44. The quantitative estimate of drug-likeness (QED) is 0.682. The number of aliphatic hydroxyl groups is 1. The minimum atomic E-state index is -1.13. The number of hydrogen-bond donors (Lipinski definition) is 2. The number of carbonyl (C=O) groups is 2. The second-order valence-electron chi connectivity index (χ2n) is 10.4. The fourth-order valence-corrected chi connectivity index (χ4v) is 6.60. The lowest BCUT2D eigenvalue weighted by Gasteiger charge is -2.62. The first kappa shape index (κ1) is 24.9. The molecule has 0 spiro atoms.